The Labute approximate surface area is 183 Å². The fourth-order valence-electron chi connectivity index (χ4n) is 5.56. The van der Waals surface area contributed by atoms with Crippen LogP contribution in [-0.4, -0.2) is 36.2 Å². The van der Waals surface area contributed by atoms with E-state index >= 15 is 0 Å². The summed E-state index contributed by atoms with van der Waals surface area (Å²) < 4.78 is 78.8. The summed E-state index contributed by atoms with van der Waals surface area (Å²) in [5.41, 5.74) is -3.23. The van der Waals surface area contributed by atoms with Crippen molar-refractivity contribution in [3.63, 3.8) is 0 Å². The van der Waals surface area contributed by atoms with Crippen LogP contribution in [0.3, 0.4) is 0 Å². The lowest BCUT2D eigenvalue weighted by atomic mass is 9.69. The molecule has 0 aromatic heterocycles. The van der Waals surface area contributed by atoms with E-state index in [2.05, 4.69) is 36.3 Å². The number of thiocarbonyl (C=S) groups is 1. The van der Waals surface area contributed by atoms with Gasteiger partial charge in [-0.15, -0.1) is 0 Å². The van der Waals surface area contributed by atoms with Gasteiger partial charge in [0.2, 0.25) is 0 Å². The average molecular weight is 468 g/mol. The van der Waals surface area contributed by atoms with Crippen LogP contribution >= 0.6 is 12.2 Å². The number of alkyl halides is 6. The monoisotopic (exact) mass is 467 g/mol. The predicted octanol–water partition coefficient (Wildman–Crippen LogP) is 5.77. The number of hydrogen-bond donors (Lipinski definition) is 2. The topological polar surface area (TPSA) is 27.3 Å². The molecule has 2 aliphatic carbocycles. The fourth-order valence-corrected chi connectivity index (χ4v) is 5.81. The number of nitrogens with zero attached hydrogens (tertiary/aromatic N) is 1. The fraction of sp³-hybridized carbons (Fsp3) is 0.667. The minimum Gasteiger partial charge on any atom is -0.358 e. The van der Waals surface area contributed by atoms with E-state index in [4.69, 9.17) is 12.2 Å². The minimum atomic E-state index is -4.91. The SMILES string of the molecule is CN(C)[C@@H]1C2CCC(C)([C@@H]1NC(=S)Nc1cc(C(F)(F)F)cc(C(F)(F)F)c1)C2(C)C. The zero-order valence-electron chi connectivity index (χ0n) is 18.0. The summed E-state index contributed by atoms with van der Waals surface area (Å²) >= 11 is 5.32. The van der Waals surface area contributed by atoms with E-state index in [1.54, 1.807) is 0 Å². The third-order valence-corrected chi connectivity index (χ3v) is 7.76. The highest BCUT2D eigenvalue weighted by Crippen LogP contribution is 2.66. The summed E-state index contributed by atoms with van der Waals surface area (Å²) in [6.45, 7) is 6.59. The van der Waals surface area contributed by atoms with Gasteiger partial charge < -0.3 is 15.5 Å². The normalized spacial score (nSPS) is 30.0. The molecule has 0 amide bonds. The third-order valence-electron chi connectivity index (χ3n) is 7.54. The van der Waals surface area contributed by atoms with Gasteiger partial charge in [-0.05, 0) is 74.1 Å². The first-order valence-electron chi connectivity index (χ1n) is 10.0. The molecule has 0 radical (unpaired) electrons. The first-order chi connectivity index (χ1) is 14.0. The molecule has 2 bridgehead atoms. The highest BCUT2D eigenvalue weighted by atomic mass is 32.1. The first kappa shape index (κ1) is 24.1. The van der Waals surface area contributed by atoms with Crippen LogP contribution in [0.15, 0.2) is 18.2 Å². The van der Waals surface area contributed by atoms with Gasteiger partial charge in [0.1, 0.15) is 0 Å². The third kappa shape index (κ3) is 4.13. The van der Waals surface area contributed by atoms with E-state index in [1.807, 2.05) is 14.1 Å². The largest absolute Gasteiger partial charge is 0.416 e. The van der Waals surface area contributed by atoms with Crippen molar-refractivity contribution in [2.75, 3.05) is 19.4 Å². The molecule has 10 heteroatoms. The van der Waals surface area contributed by atoms with Gasteiger partial charge in [-0.1, -0.05) is 20.8 Å². The Morgan fingerprint density at radius 2 is 1.52 bits per heavy atom. The van der Waals surface area contributed by atoms with Crippen LogP contribution < -0.4 is 10.6 Å². The van der Waals surface area contributed by atoms with Gasteiger partial charge in [-0.2, -0.15) is 26.3 Å². The van der Waals surface area contributed by atoms with Crippen molar-refractivity contribution in [2.24, 2.45) is 16.7 Å². The van der Waals surface area contributed by atoms with Gasteiger partial charge in [-0.25, -0.2) is 0 Å². The van der Waals surface area contributed by atoms with E-state index in [9.17, 15) is 26.3 Å². The molecular formula is C21H27F6N3S. The molecule has 2 fully saturated rings. The Morgan fingerprint density at radius 3 is 1.97 bits per heavy atom. The molecule has 2 saturated carbocycles. The van der Waals surface area contributed by atoms with Crippen LogP contribution in [0.2, 0.25) is 0 Å². The second kappa shape index (κ2) is 7.50. The second-order valence-corrected chi connectivity index (χ2v) is 10.0. The Hall–Kier alpha value is -1.55. The molecule has 4 atom stereocenters. The van der Waals surface area contributed by atoms with Crippen LogP contribution in [0.25, 0.3) is 0 Å². The van der Waals surface area contributed by atoms with Crippen LogP contribution in [0.5, 0.6) is 0 Å². The van der Waals surface area contributed by atoms with Crippen molar-refractivity contribution in [1.29, 1.82) is 0 Å². The Balaban J connectivity index is 1.87. The standard InChI is InChI=1S/C21H27F6N3S/c1-18(2)14-6-7-19(18,3)16(15(14)30(4)5)29-17(31)28-13-9-11(20(22,23)24)8-12(10-13)21(25,26)27/h8-10,14-16H,6-7H2,1-5H3,(H2,28,29,31)/t14?,15-,16-,19?/m1/s1. The summed E-state index contributed by atoms with van der Waals surface area (Å²) in [6.07, 6.45) is -7.79. The van der Waals surface area contributed by atoms with Crippen molar-refractivity contribution in [1.82, 2.24) is 10.2 Å². The maximum absolute atomic E-state index is 13.1. The summed E-state index contributed by atoms with van der Waals surface area (Å²) in [5, 5.41) is 5.79. The van der Waals surface area contributed by atoms with Gasteiger partial charge in [0.05, 0.1) is 11.1 Å². The number of likely N-dealkylation sites (N-methyl/N-ethyl adjacent to an activating group) is 1. The highest BCUT2D eigenvalue weighted by molar-refractivity contribution is 7.80. The molecule has 0 aliphatic heterocycles. The van der Waals surface area contributed by atoms with Gasteiger partial charge in [-0.3, -0.25) is 0 Å². The Bertz CT molecular complexity index is 831. The summed E-state index contributed by atoms with van der Waals surface area (Å²) in [7, 11) is 3.94. The molecule has 0 heterocycles. The molecule has 2 unspecified atom stereocenters. The number of fused-ring (bicyclic) bond motifs is 2. The minimum absolute atomic E-state index is 0.00822. The van der Waals surface area contributed by atoms with E-state index < -0.39 is 23.5 Å². The summed E-state index contributed by atoms with van der Waals surface area (Å²) in [6, 6.07) is 1.42. The Kier molecular flexibility index (Phi) is 5.83. The van der Waals surface area contributed by atoms with Crippen LogP contribution in [0, 0.1) is 16.7 Å². The lowest BCUT2D eigenvalue weighted by molar-refractivity contribution is -0.143. The number of rotatable bonds is 3. The van der Waals surface area contributed by atoms with Gasteiger partial charge in [0, 0.05) is 17.8 Å². The zero-order chi connectivity index (χ0) is 23.6. The molecular weight excluding hydrogens is 440 g/mol. The van der Waals surface area contributed by atoms with Gasteiger partial charge in [0.15, 0.2) is 5.11 Å². The van der Waals surface area contributed by atoms with E-state index in [0.717, 1.165) is 12.8 Å². The number of hydrogen-bond acceptors (Lipinski definition) is 2. The second-order valence-electron chi connectivity index (χ2n) is 9.61. The number of benzene rings is 1. The van der Waals surface area contributed by atoms with Gasteiger partial charge in [0.25, 0.3) is 0 Å². The smallest absolute Gasteiger partial charge is 0.358 e. The van der Waals surface area contributed by atoms with Crippen molar-refractivity contribution in [3.05, 3.63) is 29.3 Å². The number of halogens is 6. The first-order valence-corrected chi connectivity index (χ1v) is 10.4. The van der Waals surface area contributed by atoms with Crippen molar-refractivity contribution in [3.8, 4) is 0 Å². The van der Waals surface area contributed by atoms with E-state index in [0.29, 0.717) is 18.1 Å². The molecule has 3 nitrogen and oxygen atoms in total. The summed E-state index contributed by atoms with van der Waals surface area (Å²) in [5.74, 6) is 0.401. The quantitative estimate of drug-likeness (QED) is 0.436. The molecule has 174 valence electrons. The lowest BCUT2D eigenvalue weighted by Crippen LogP contribution is -2.56. The average Bonchev–Trinajstić information content (AvgIpc) is 2.92. The van der Waals surface area contributed by atoms with Crippen molar-refractivity contribution in [2.45, 2.75) is 58.0 Å². The van der Waals surface area contributed by atoms with Crippen LogP contribution in [-0.2, 0) is 12.4 Å². The number of anilines is 1. The van der Waals surface area contributed by atoms with E-state index in [-0.39, 0.29) is 39.8 Å². The van der Waals surface area contributed by atoms with Crippen molar-refractivity contribution >= 4 is 23.0 Å². The molecule has 2 N–H and O–H groups in total. The predicted molar refractivity (Wildman–Crippen MR) is 112 cm³/mol. The summed E-state index contributed by atoms with van der Waals surface area (Å²) in [4.78, 5) is 2.11. The molecule has 0 spiro atoms. The molecule has 3 rings (SSSR count). The molecule has 2 aliphatic rings. The maximum Gasteiger partial charge on any atom is 0.416 e. The molecule has 1 aromatic rings. The molecule has 0 saturated heterocycles. The number of nitrogens with one attached hydrogen (secondary N) is 2. The zero-order valence-corrected chi connectivity index (χ0v) is 18.8. The van der Waals surface area contributed by atoms with Gasteiger partial charge >= 0.3 is 12.4 Å². The van der Waals surface area contributed by atoms with Crippen LogP contribution in [0.4, 0.5) is 32.0 Å². The van der Waals surface area contributed by atoms with Crippen LogP contribution in [0.1, 0.15) is 44.7 Å². The van der Waals surface area contributed by atoms with Crippen molar-refractivity contribution < 1.29 is 26.3 Å². The Morgan fingerprint density at radius 1 is 1.00 bits per heavy atom. The lowest BCUT2D eigenvalue weighted by Gasteiger charge is -2.42. The molecule has 1 aromatic carbocycles. The van der Waals surface area contributed by atoms with E-state index in [1.165, 1.54) is 0 Å². The highest BCUT2D eigenvalue weighted by Gasteiger charge is 2.66. The molecule has 31 heavy (non-hydrogen) atoms. The maximum atomic E-state index is 13.1.